The van der Waals surface area contributed by atoms with Crippen LogP contribution in [-0.2, 0) is 6.54 Å². The monoisotopic (exact) mass is 239 g/mol. The van der Waals surface area contributed by atoms with E-state index >= 15 is 0 Å². The quantitative estimate of drug-likeness (QED) is 0.776. The summed E-state index contributed by atoms with van der Waals surface area (Å²) in [6.07, 6.45) is 4.66. The van der Waals surface area contributed by atoms with Crippen molar-refractivity contribution >= 4 is 0 Å². The second kappa shape index (κ2) is 5.51. The second-order valence-corrected chi connectivity index (χ2v) is 4.95. The maximum absolute atomic E-state index is 5.58. The zero-order valence-electron chi connectivity index (χ0n) is 10.8. The van der Waals surface area contributed by atoms with E-state index in [2.05, 4.69) is 15.2 Å². The lowest BCUT2D eigenvalue weighted by molar-refractivity contribution is 0.133. The van der Waals surface area contributed by atoms with E-state index in [0.29, 0.717) is 12.1 Å². The maximum Gasteiger partial charge on any atom is 0.394 e. The minimum Gasteiger partial charge on any atom is -0.446 e. The number of aromatic nitrogens is 1. The van der Waals surface area contributed by atoms with Crippen molar-refractivity contribution in [1.29, 1.82) is 0 Å². The molecule has 2 rings (SSSR count). The summed E-state index contributed by atoms with van der Waals surface area (Å²) in [5.41, 5.74) is 0.906. The van der Waals surface area contributed by atoms with E-state index in [1.807, 2.05) is 21.0 Å². The lowest BCUT2D eigenvalue weighted by Crippen LogP contribution is -2.28. The number of oxazole rings is 1. The largest absolute Gasteiger partial charge is 0.446 e. The van der Waals surface area contributed by atoms with E-state index < -0.39 is 0 Å². The number of hydrogen-bond acceptors (Lipinski definition) is 5. The van der Waals surface area contributed by atoms with Gasteiger partial charge in [0.15, 0.2) is 0 Å². The van der Waals surface area contributed by atoms with Gasteiger partial charge in [0.1, 0.15) is 12.4 Å². The third kappa shape index (κ3) is 4.36. The average Bonchev–Trinajstić information content (AvgIpc) is 2.96. The highest BCUT2D eigenvalue weighted by Gasteiger charge is 2.20. The number of hydrogen-bond donors (Lipinski definition) is 1. The van der Waals surface area contributed by atoms with Crippen LogP contribution in [0.3, 0.4) is 0 Å². The molecule has 1 saturated carbocycles. The van der Waals surface area contributed by atoms with Crippen LogP contribution in [0.15, 0.2) is 10.7 Å². The molecule has 1 atom stereocenters. The first-order valence-electron chi connectivity index (χ1n) is 6.12. The topological polar surface area (TPSA) is 50.5 Å². The minimum absolute atomic E-state index is 0.0768. The smallest absolute Gasteiger partial charge is 0.394 e. The van der Waals surface area contributed by atoms with Gasteiger partial charge in [0, 0.05) is 19.1 Å². The van der Waals surface area contributed by atoms with Crippen molar-refractivity contribution in [2.75, 3.05) is 20.6 Å². The van der Waals surface area contributed by atoms with E-state index in [4.69, 9.17) is 9.15 Å². The van der Waals surface area contributed by atoms with Gasteiger partial charge in [-0.1, -0.05) is 0 Å². The third-order valence-corrected chi connectivity index (χ3v) is 2.60. The number of ether oxygens (including phenoxy) is 1. The zero-order chi connectivity index (χ0) is 12.3. The zero-order valence-corrected chi connectivity index (χ0v) is 10.8. The van der Waals surface area contributed by atoms with Gasteiger partial charge in [0.05, 0.1) is 5.69 Å². The van der Waals surface area contributed by atoms with Crippen LogP contribution in [-0.4, -0.2) is 42.7 Å². The molecule has 1 aliphatic rings. The van der Waals surface area contributed by atoms with Crippen molar-refractivity contribution in [3.05, 3.63) is 12.0 Å². The molecule has 1 aliphatic carbocycles. The molecule has 1 fully saturated rings. The van der Waals surface area contributed by atoms with E-state index in [1.165, 1.54) is 12.8 Å². The molecule has 0 saturated heterocycles. The van der Waals surface area contributed by atoms with Gasteiger partial charge in [-0.2, -0.15) is 4.98 Å². The first-order chi connectivity index (χ1) is 8.13. The normalized spacial score (nSPS) is 17.4. The molecule has 5 nitrogen and oxygen atoms in total. The van der Waals surface area contributed by atoms with Crippen molar-refractivity contribution in [3.63, 3.8) is 0 Å². The molecule has 1 unspecified atom stereocenters. The molecule has 0 aliphatic heterocycles. The molecule has 0 amide bonds. The highest BCUT2D eigenvalue weighted by atomic mass is 16.6. The first kappa shape index (κ1) is 12.4. The fourth-order valence-electron chi connectivity index (χ4n) is 1.68. The standard InChI is InChI=1S/C12H21N3O2/c1-9(7-15(2)3)17-12-14-11(8-16-12)6-13-10-4-5-10/h8-10,13H,4-7H2,1-3H3. The Hall–Kier alpha value is -1.07. The van der Waals surface area contributed by atoms with Gasteiger partial charge in [0.2, 0.25) is 0 Å². The Kier molecular flexibility index (Phi) is 4.02. The fraction of sp³-hybridized carbons (Fsp3) is 0.750. The van der Waals surface area contributed by atoms with E-state index in [9.17, 15) is 0 Å². The van der Waals surface area contributed by atoms with Crippen molar-refractivity contribution in [3.8, 4) is 6.08 Å². The van der Waals surface area contributed by atoms with Gasteiger partial charge < -0.3 is 19.4 Å². The maximum atomic E-state index is 5.58. The highest BCUT2D eigenvalue weighted by Crippen LogP contribution is 2.19. The lowest BCUT2D eigenvalue weighted by Gasteiger charge is -2.15. The predicted octanol–water partition coefficient (Wildman–Crippen LogP) is 1.26. The highest BCUT2D eigenvalue weighted by molar-refractivity contribution is 5.01. The molecule has 0 aromatic carbocycles. The molecular formula is C12H21N3O2. The molecular weight excluding hydrogens is 218 g/mol. The molecule has 1 heterocycles. The molecule has 1 N–H and O–H groups in total. The van der Waals surface area contributed by atoms with Crippen LogP contribution < -0.4 is 10.1 Å². The Bertz CT molecular complexity index is 347. The number of nitrogens with one attached hydrogen (secondary N) is 1. The predicted molar refractivity (Wildman–Crippen MR) is 65.0 cm³/mol. The Labute approximate surface area is 102 Å². The summed E-state index contributed by atoms with van der Waals surface area (Å²) in [5.74, 6) is 0. The van der Waals surface area contributed by atoms with Gasteiger partial charge in [-0.25, -0.2) is 0 Å². The van der Waals surface area contributed by atoms with Crippen LogP contribution in [0.4, 0.5) is 0 Å². The summed E-state index contributed by atoms with van der Waals surface area (Å²) in [4.78, 5) is 6.36. The molecule has 0 bridgehead atoms. The van der Waals surface area contributed by atoms with Crippen molar-refractivity contribution in [2.45, 2.75) is 38.5 Å². The molecule has 0 radical (unpaired) electrons. The molecule has 96 valence electrons. The third-order valence-electron chi connectivity index (χ3n) is 2.60. The molecule has 1 aromatic rings. The van der Waals surface area contributed by atoms with Gasteiger partial charge in [-0.05, 0) is 33.9 Å². The van der Waals surface area contributed by atoms with Crippen LogP contribution in [0.2, 0.25) is 0 Å². The average molecular weight is 239 g/mol. The van der Waals surface area contributed by atoms with Crippen molar-refractivity contribution in [2.24, 2.45) is 0 Å². The first-order valence-corrected chi connectivity index (χ1v) is 6.12. The summed E-state index contributed by atoms with van der Waals surface area (Å²) in [7, 11) is 4.03. The van der Waals surface area contributed by atoms with Gasteiger partial charge in [-0.15, -0.1) is 0 Å². The van der Waals surface area contributed by atoms with Crippen LogP contribution in [0.1, 0.15) is 25.5 Å². The van der Waals surface area contributed by atoms with Gasteiger partial charge in [0.25, 0.3) is 0 Å². The number of nitrogens with zero attached hydrogens (tertiary/aromatic N) is 2. The minimum atomic E-state index is 0.0768. The van der Waals surface area contributed by atoms with Crippen LogP contribution in [0, 0.1) is 0 Å². The Balaban J connectivity index is 1.76. The van der Waals surface area contributed by atoms with Crippen LogP contribution in [0.5, 0.6) is 6.08 Å². The fourth-order valence-corrected chi connectivity index (χ4v) is 1.68. The second-order valence-electron chi connectivity index (χ2n) is 4.95. The van der Waals surface area contributed by atoms with Crippen LogP contribution in [0.25, 0.3) is 0 Å². The summed E-state index contributed by atoms with van der Waals surface area (Å²) >= 11 is 0. The van der Waals surface area contributed by atoms with E-state index in [0.717, 1.165) is 18.8 Å². The molecule has 0 spiro atoms. The van der Waals surface area contributed by atoms with Crippen LogP contribution >= 0.6 is 0 Å². The number of likely N-dealkylation sites (N-methyl/N-ethyl adjacent to an activating group) is 1. The van der Waals surface area contributed by atoms with Crippen molar-refractivity contribution in [1.82, 2.24) is 15.2 Å². The lowest BCUT2D eigenvalue weighted by atomic mass is 10.4. The Morgan fingerprint density at radius 3 is 3.00 bits per heavy atom. The molecule has 1 aromatic heterocycles. The summed E-state index contributed by atoms with van der Waals surface area (Å²) in [6.45, 7) is 3.62. The van der Waals surface area contributed by atoms with Gasteiger partial charge in [-0.3, -0.25) is 0 Å². The van der Waals surface area contributed by atoms with E-state index in [-0.39, 0.29) is 6.10 Å². The molecule has 17 heavy (non-hydrogen) atoms. The summed E-state index contributed by atoms with van der Waals surface area (Å²) in [6, 6.07) is 0.684. The number of rotatable bonds is 7. The van der Waals surface area contributed by atoms with E-state index in [1.54, 1.807) is 6.26 Å². The van der Waals surface area contributed by atoms with Gasteiger partial charge >= 0.3 is 6.08 Å². The Morgan fingerprint density at radius 2 is 2.35 bits per heavy atom. The Morgan fingerprint density at radius 1 is 1.59 bits per heavy atom. The van der Waals surface area contributed by atoms with Crippen molar-refractivity contribution < 1.29 is 9.15 Å². The SMILES string of the molecule is CC(CN(C)C)Oc1nc(CNC2CC2)co1. The summed E-state index contributed by atoms with van der Waals surface area (Å²) < 4.78 is 10.9. The summed E-state index contributed by atoms with van der Waals surface area (Å²) in [5, 5.41) is 3.39. The molecule has 5 heteroatoms.